The number of halogens is 1. The highest BCUT2D eigenvalue weighted by Gasteiger charge is 2.59. The van der Waals surface area contributed by atoms with E-state index in [9.17, 15) is 4.39 Å². The number of nitrogens with one attached hydrogen (secondary N) is 1. The predicted molar refractivity (Wildman–Crippen MR) is 83.4 cm³/mol. The van der Waals surface area contributed by atoms with Gasteiger partial charge in [-0.2, -0.15) is 0 Å². The zero-order valence-corrected chi connectivity index (χ0v) is 13.2. The molecule has 2 unspecified atom stereocenters. The minimum absolute atomic E-state index is 0.0767. The Morgan fingerprint density at radius 2 is 1.71 bits per heavy atom. The second-order valence-corrected chi connectivity index (χ2v) is 8.86. The van der Waals surface area contributed by atoms with Crippen molar-refractivity contribution in [2.45, 2.75) is 64.5 Å². The first kappa shape index (κ1) is 13.8. The van der Waals surface area contributed by atoms with Crippen LogP contribution in [0.1, 0.15) is 57.9 Å². The average Bonchev–Trinajstić information content (AvgIpc) is 2.33. The van der Waals surface area contributed by atoms with Crippen molar-refractivity contribution in [2.24, 2.45) is 16.7 Å². The van der Waals surface area contributed by atoms with Crippen molar-refractivity contribution in [3.63, 3.8) is 0 Å². The van der Waals surface area contributed by atoms with Crippen molar-refractivity contribution in [3.8, 4) is 0 Å². The zero-order chi connectivity index (χ0) is 14.7. The normalized spacial score (nSPS) is 44.2. The van der Waals surface area contributed by atoms with Crippen LogP contribution in [0.25, 0.3) is 0 Å². The minimum Gasteiger partial charge on any atom is -0.307 e. The summed E-state index contributed by atoms with van der Waals surface area (Å²) in [6, 6.07) is 7.18. The molecule has 0 radical (unpaired) electrons. The summed E-state index contributed by atoms with van der Waals surface area (Å²) in [5.41, 5.74) is 2.08. The van der Waals surface area contributed by atoms with Crippen molar-refractivity contribution < 1.29 is 4.39 Å². The van der Waals surface area contributed by atoms with Crippen LogP contribution < -0.4 is 5.32 Å². The highest BCUT2D eigenvalue weighted by molar-refractivity contribution is 5.19. The molecule has 114 valence electrons. The first-order chi connectivity index (χ1) is 9.90. The lowest BCUT2D eigenvalue weighted by Crippen LogP contribution is -2.63. The maximum atomic E-state index is 13.9. The molecule has 1 N–H and O–H groups in total. The van der Waals surface area contributed by atoms with Gasteiger partial charge in [-0.05, 0) is 61.3 Å². The van der Waals surface area contributed by atoms with Crippen LogP contribution in [0.15, 0.2) is 24.3 Å². The Morgan fingerprint density at radius 1 is 1.05 bits per heavy atom. The van der Waals surface area contributed by atoms with Gasteiger partial charge in [0.25, 0.3) is 0 Å². The van der Waals surface area contributed by atoms with Gasteiger partial charge in [0.2, 0.25) is 0 Å². The topological polar surface area (TPSA) is 12.0 Å². The van der Waals surface area contributed by atoms with E-state index in [2.05, 4.69) is 19.2 Å². The molecule has 0 spiro atoms. The number of hydrogen-bond acceptors (Lipinski definition) is 1. The van der Waals surface area contributed by atoms with Crippen LogP contribution in [0.4, 0.5) is 4.39 Å². The summed E-state index contributed by atoms with van der Waals surface area (Å²) in [4.78, 5) is 0. The Morgan fingerprint density at radius 3 is 2.33 bits per heavy atom. The van der Waals surface area contributed by atoms with Crippen molar-refractivity contribution >= 4 is 0 Å². The summed E-state index contributed by atoms with van der Waals surface area (Å²) >= 11 is 0. The largest absolute Gasteiger partial charge is 0.307 e. The molecule has 1 aromatic rings. The Hall–Kier alpha value is -0.890. The standard InChI is InChI=1S/C19H26FN/c1-17-7-14-8-18(2,11-17)13-19(9-14,12-17)21-10-15-5-3-4-6-16(15)20/h3-6,14,21H,7-13H2,1-2H3/t14?,17-,18+,19?. The van der Waals surface area contributed by atoms with Crippen LogP contribution in [-0.2, 0) is 6.54 Å². The molecule has 0 aliphatic heterocycles. The van der Waals surface area contributed by atoms with Gasteiger partial charge in [-0.15, -0.1) is 0 Å². The minimum atomic E-state index is -0.0767. The molecule has 4 atom stereocenters. The maximum absolute atomic E-state index is 13.9. The summed E-state index contributed by atoms with van der Waals surface area (Å²) in [6.07, 6.45) is 8.06. The molecule has 21 heavy (non-hydrogen) atoms. The monoisotopic (exact) mass is 287 g/mol. The van der Waals surface area contributed by atoms with E-state index in [0.717, 1.165) is 11.5 Å². The summed E-state index contributed by atoms with van der Waals surface area (Å²) < 4.78 is 13.9. The molecule has 1 nitrogen and oxygen atoms in total. The lowest BCUT2D eigenvalue weighted by atomic mass is 9.43. The first-order valence-corrected chi connectivity index (χ1v) is 8.38. The van der Waals surface area contributed by atoms with Gasteiger partial charge in [0.15, 0.2) is 0 Å². The fraction of sp³-hybridized carbons (Fsp3) is 0.684. The second-order valence-electron chi connectivity index (χ2n) is 8.86. The third-order valence-corrected chi connectivity index (χ3v) is 6.24. The Balaban J connectivity index is 1.56. The van der Waals surface area contributed by atoms with Crippen molar-refractivity contribution in [3.05, 3.63) is 35.6 Å². The summed E-state index contributed by atoms with van der Waals surface area (Å²) in [6.45, 7) is 5.63. The number of hydrogen-bond donors (Lipinski definition) is 1. The summed E-state index contributed by atoms with van der Waals surface area (Å²) in [7, 11) is 0. The highest BCUT2D eigenvalue weighted by Crippen LogP contribution is 2.66. The van der Waals surface area contributed by atoms with E-state index < -0.39 is 0 Å². The van der Waals surface area contributed by atoms with Gasteiger partial charge in [-0.3, -0.25) is 0 Å². The van der Waals surface area contributed by atoms with Crippen LogP contribution in [0.5, 0.6) is 0 Å². The van der Waals surface area contributed by atoms with Crippen molar-refractivity contribution in [1.29, 1.82) is 0 Å². The van der Waals surface area contributed by atoms with Gasteiger partial charge in [0.1, 0.15) is 5.82 Å². The van der Waals surface area contributed by atoms with E-state index in [0.29, 0.717) is 17.4 Å². The van der Waals surface area contributed by atoms with Crippen LogP contribution in [0, 0.1) is 22.6 Å². The zero-order valence-electron chi connectivity index (χ0n) is 13.2. The maximum Gasteiger partial charge on any atom is 0.127 e. The lowest BCUT2D eigenvalue weighted by molar-refractivity contribution is -0.118. The molecule has 4 aliphatic rings. The van der Waals surface area contributed by atoms with E-state index in [1.807, 2.05) is 12.1 Å². The van der Waals surface area contributed by atoms with E-state index in [1.165, 1.54) is 38.5 Å². The fourth-order valence-electron chi connectivity index (χ4n) is 6.57. The third kappa shape index (κ3) is 2.32. The molecular weight excluding hydrogens is 261 g/mol. The average molecular weight is 287 g/mol. The summed E-state index contributed by atoms with van der Waals surface area (Å²) in [5.74, 6) is 0.802. The van der Waals surface area contributed by atoms with E-state index in [-0.39, 0.29) is 11.4 Å². The molecule has 1 aromatic carbocycles. The highest BCUT2D eigenvalue weighted by atomic mass is 19.1. The third-order valence-electron chi connectivity index (χ3n) is 6.24. The number of rotatable bonds is 3. The lowest BCUT2D eigenvalue weighted by Gasteiger charge is -2.65. The van der Waals surface area contributed by atoms with Crippen molar-refractivity contribution in [2.75, 3.05) is 0 Å². The Labute approximate surface area is 127 Å². The molecule has 0 saturated heterocycles. The SMILES string of the molecule is C[C@]12CC3CC(NCc4ccccc4F)(C1)C[C@@](C)(C3)C2. The Bertz CT molecular complexity index is 548. The van der Waals surface area contributed by atoms with Gasteiger partial charge in [0.05, 0.1) is 0 Å². The predicted octanol–water partition coefficient (Wildman–Crippen LogP) is 4.66. The molecule has 4 fully saturated rings. The summed E-state index contributed by atoms with van der Waals surface area (Å²) in [5, 5.41) is 3.79. The molecule has 0 amide bonds. The molecule has 4 bridgehead atoms. The molecule has 4 aliphatic carbocycles. The van der Waals surface area contributed by atoms with Gasteiger partial charge in [0, 0.05) is 17.6 Å². The molecule has 0 aromatic heterocycles. The van der Waals surface area contributed by atoms with Gasteiger partial charge in [-0.1, -0.05) is 32.0 Å². The Kier molecular flexibility index (Phi) is 2.83. The van der Waals surface area contributed by atoms with Crippen molar-refractivity contribution in [1.82, 2.24) is 5.32 Å². The molecular formula is C19H26FN. The van der Waals surface area contributed by atoms with Crippen LogP contribution in [0.3, 0.4) is 0 Å². The van der Waals surface area contributed by atoms with Gasteiger partial charge < -0.3 is 5.32 Å². The van der Waals surface area contributed by atoms with Gasteiger partial charge in [-0.25, -0.2) is 4.39 Å². The fourth-order valence-corrected chi connectivity index (χ4v) is 6.57. The van der Waals surface area contributed by atoms with Gasteiger partial charge >= 0.3 is 0 Å². The van der Waals surface area contributed by atoms with Crippen LogP contribution in [-0.4, -0.2) is 5.54 Å². The molecule has 4 saturated carbocycles. The van der Waals surface area contributed by atoms with E-state index in [4.69, 9.17) is 0 Å². The molecule has 0 heterocycles. The van der Waals surface area contributed by atoms with Crippen LogP contribution in [0.2, 0.25) is 0 Å². The number of benzene rings is 1. The smallest absolute Gasteiger partial charge is 0.127 e. The molecule has 2 heteroatoms. The second kappa shape index (κ2) is 4.32. The molecule has 5 rings (SSSR count). The van der Waals surface area contributed by atoms with Crippen LogP contribution >= 0.6 is 0 Å². The van der Waals surface area contributed by atoms with E-state index in [1.54, 1.807) is 12.1 Å². The van der Waals surface area contributed by atoms with E-state index >= 15 is 0 Å². The quantitative estimate of drug-likeness (QED) is 0.852. The first-order valence-electron chi connectivity index (χ1n) is 8.38.